The van der Waals surface area contributed by atoms with Crippen LogP contribution in [0, 0.1) is 5.82 Å². The van der Waals surface area contributed by atoms with Gasteiger partial charge in [0.05, 0.1) is 18.0 Å². The van der Waals surface area contributed by atoms with E-state index in [4.69, 9.17) is 23.2 Å². The van der Waals surface area contributed by atoms with Crippen LogP contribution in [0.2, 0.25) is 10.0 Å². The predicted octanol–water partition coefficient (Wildman–Crippen LogP) is 4.99. The lowest BCUT2D eigenvalue weighted by molar-refractivity contribution is -0.120. The number of hydrogen-bond donors (Lipinski definition) is 2. The summed E-state index contributed by atoms with van der Waals surface area (Å²) < 4.78 is 43.4. The number of carbonyl (C=O) groups is 1. The van der Waals surface area contributed by atoms with E-state index in [0.717, 1.165) is 11.8 Å². The number of nitrogens with one attached hydrogen (secondary N) is 2. The topological polar surface area (TPSA) is 66.9 Å². The Hall–Kier alpha value is -2.84. The summed E-state index contributed by atoms with van der Waals surface area (Å²) in [5.74, 6) is -5.26. The van der Waals surface area contributed by atoms with Crippen molar-refractivity contribution in [2.24, 2.45) is 0 Å². The van der Waals surface area contributed by atoms with E-state index in [1.165, 1.54) is 24.4 Å². The summed E-state index contributed by atoms with van der Waals surface area (Å²) in [6.07, 6.45) is 1.95. The average molecular weight is 469 g/mol. The molecule has 0 aliphatic rings. The zero-order chi connectivity index (χ0) is 22.4. The van der Waals surface area contributed by atoms with Crippen LogP contribution in [-0.4, -0.2) is 22.4 Å². The molecule has 31 heavy (non-hydrogen) atoms. The van der Waals surface area contributed by atoms with Crippen LogP contribution in [0.5, 0.6) is 0 Å². The molecule has 1 aromatic carbocycles. The number of nitrogens with zero attached hydrogens (tertiary/aromatic N) is 2. The number of halogens is 5. The molecule has 10 heteroatoms. The summed E-state index contributed by atoms with van der Waals surface area (Å²) in [6, 6.07) is 11.0. The Morgan fingerprint density at radius 2 is 1.90 bits per heavy atom. The van der Waals surface area contributed by atoms with Crippen LogP contribution in [0.15, 0.2) is 54.9 Å². The quantitative estimate of drug-likeness (QED) is 0.488. The molecule has 0 saturated heterocycles. The fraction of sp³-hybridized carbons (Fsp3) is 0.190. The van der Waals surface area contributed by atoms with Crippen molar-refractivity contribution in [1.82, 2.24) is 15.3 Å². The van der Waals surface area contributed by atoms with E-state index in [1.807, 2.05) is 0 Å². The number of amides is 1. The van der Waals surface area contributed by atoms with Crippen molar-refractivity contribution in [3.8, 4) is 0 Å². The molecular formula is C21H17Cl2F3N4O. The first-order valence-corrected chi connectivity index (χ1v) is 9.89. The zero-order valence-electron chi connectivity index (χ0n) is 16.0. The van der Waals surface area contributed by atoms with Crippen molar-refractivity contribution in [2.45, 2.75) is 18.9 Å². The molecule has 2 heterocycles. The van der Waals surface area contributed by atoms with Crippen LogP contribution in [0.25, 0.3) is 0 Å². The fourth-order valence-corrected chi connectivity index (χ4v) is 3.14. The first-order chi connectivity index (χ1) is 14.8. The van der Waals surface area contributed by atoms with Gasteiger partial charge in [-0.25, -0.2) is 9.37 Å². The lowest BCUT2D eigenvalue weighted by atomic mass is 10.1. The highest BCUT2D eigenvalue weighted by atomic mass is 35.5. The molecule has 162 valence electrons. The summed E-state index contributed by atoms with van der Waals surface area (Å²) in [7, 11) is 0. The molecule has 0 aliphatic carbocycles. The van der Waals surface area contributed by atoms with Crippen LogP contribution >= 0.6 is 23.2 Å². The standard InChI is InChI=1S/C21H17Cl2F3N4O/c22-14-5-3-4-13(8-14)10-28-18(31)9-15-16(23)11-29-20(19(15)24)30-12-21(25,26)17-6-1-2-7-27-17/h1-8,11H,9-10,12H2,(H,28,31)(H,29,30). The Kier molecular flexibility index (Phi) is 7.35. The zero-order valence-corrected chi connectivity index (χ0v) is 17.5. The molecule has 1 amide bonds. The molecule has 3 rings (SSSR count). The van der Waals surface area contributed by atoms with Crippen LogP contribution in [0.3, 0.4) is 0 Å². The highest BCUT2D eigenvalue weighted by molar-refractivity contribution is 6.31. The van der Waals surface area contributed by atoms with E-state index in [0.29, 0.717) is 5.02 Å². The number of hydrogen-bond acceptors (Lipinski definition) is 4. The number of benzene rings is 1. The van der Waals surface area contributed by atoms with Crippen LogP contribution < -0.4 is 10.6 Å². The van der Waals surface area contributed by atoms with Crippen LogP contribution in [-0.2, 0) is 23.7 Å². The molecule has 0 radical (unpaired) electrons. The number of alkyl halides is 2. The number of anilines is 1. The maximum absolute atomic E-state index is 14.8. The molecule has 0 fully saturated rings. The summed E-state index contributed by atoms with van der Waals surface area (Å²) in [4.78, 5) is 19.6. The van der Waals surface area contributed by atoms with E-state index in [2.05, 4.69) is 20.6 Å². The maximum atomic E-state index is 14.8. The molecule has 5 nitrogen and oxygen atoms in total. The molecule has 2 aromatic heterocycles. The summed E-state index contributed by atoms with van der Waals surface area (Å²) >= 11 is 11.9. The Balaban J connectivity index is 1.66. The average Bonchev–Trinajstić information content (AvgIpc) is 2.75. The molecule has 2 N–H and O–H groups in total. The third-order valence-corrected chi connectivity index (χ3v) is 4.86. The maximum Gasteiger partial charge on any atom is 0.306 e. The van der Waals surface area contributed by atoms with E-state index in [-0.39, 0.29) is 23.6 Å². The van der Waals surface area contributed by atoms with Crippen molar-refractivity contribution in [2.75, 3.05) is 11.9 Å². The Labute approximate surface area is 186 Å². The molecule has 0 saturated carbocycles. The molecule has 0 aliphatic heterocycles. The monoisotopic (exact) mass is 468 g/mol. The summed E-state index contributed by atoms with van der Waals surface area (Å²) in [5.41, 5.74) is 0.155. The van der Waals surface area contributed by atoms with Crippen molar-refractivity contribution in [1.29, 1.82) is 0 Å². The van der Waals surface area contributed by atoms with E-state index < -0.39 is 35.7 Å². The second-order valence-corrected chi connectivity index (χ2v) is 7.45. The van der Waals surface area contributed by atoms with Gasteiger partial charge in [-0.1, -0.05) is 41.4 Å². The number of rotatable bonds is 8. The minimum Gasteiger partial charge on any atom is -0.361 e. The Morgan fingerprint density at radius 1 is 1.10 bits per heavy atom. The van der Waals surface area contributed by atoms with Gasteiger partial charge in [-0.3, -0.25) is 9.78 Å². The Bertz CT molecular complexity index is 1070. The van der Waals surface area contributed by atoms with Gasteiger partial charge in [0.15, 0.2) is 11.6 Å². The molecule has 0 unspecified atom stereocenters. The van der Waals surface area contributed by atoms with Gasteiger partial charge in [-0.05, 0) is 29.8 Å². The van der Waals surface area contributed by atoms with Gasteiger partial charge in [-0.2, -0.15) is 8.78 Å². The van der Waals surface area contributed by atoms with Gasteiger partial charge in [0.1, 0.15) is 5.69 Å². The van der Waals surface area contributed by atoms with Gasteiger partial charge in [0.2, 0.25) is 5.91 Å². The highest BCUT2D eigenvalue weighted by Gasteiger charge is 2.33. The minimum atomic E-state index is -3.36. The minimum absolute atomic E-state index is 0.0857. The van der Waals surface area contributed by atoms with Gasteiger partial charge in [-0.15, -0.1) is 0 Å². The molecule has 3 aromatic rings. The molecule has 0 spiro atoms. The van der Waals surface area contributed by atoms with Crippen molar-refractivity contribution in [3.63, 3.8) is 0 Å². The van der Waals surface area contributed by atoms with Crippen LogP contribution in [0.1, 0.15) is 16.8 Å². The molecular weight excluding hydrogens is 452 g/mol. The normalized spacial score (nSPS) is 11.3. The lowest BCUT2D eigenvalue weighted by Gasteiger charge is -2.17. The predicted molar refractivity (Wildman–Crippen MR) is 113 cm³/mol. The summed E-state index contributed by atoms with van der Waals surface area (Å²) in [6.45, 7) is -0.749. The number of aromatic nitrogens is 2. The van der Waals surface area contributed by atoms with Gasteiger partial charge < -0.3 is 10.6 Å². The SMILES string of the molecule is O=C(Cc1c(Cl)cnc(NCC(F)(F)c2ccccn2)c1F)NCc1cccc(Cl)c1. The highest BCUT2D eigenvalue weighted by Crippen LogP contribution is 2.28. The Morgan fingerprint density at radius 3 is 2.61 bits per heavy atom. The third-order valence-electron chi connectivity index (χ3n) is 4.30. The van der Waals surface area contributed by atoms with Gasteiger partial charge in [0.25, 0.3) is 0 Å². The van der Waals surface area contributed by atoms with E-state index in [9.17, 15) is 18.0 Å². The number of carbonyl (C=O) groups excluding carboxylic acids is 1. The molecule has 0 bridgehead atoms. The lowest BCUT2D eigenvalue weighted by Crippen LogP contribution is -2.27. The fourth-order valence-electron chi connectivity index (χ4n) is 2.72. The third kappa shape index (κ3) is 6.08. The van der Waals surface area contributed by atoms with E-state index in [1.54, 1.807) is 24.3 Å². The smallest absolute Gasteiger partial charge is 0.306 e. The van der Waals surface area contributed by atoms with Gasteiger partial charge in [0, 0.05) is 29.5 Å². The summed E-state index contributed by atoms with van der Waals surface area (Å²) in [5, 5.41) is 5.35. The first kappa shape index (κ1) is 22.8. The van der Waals surface area contributed by atoms with Crippen molar-refractivity contribution in [3.05, 3.63) is 87.5 Å². The van der Waals surface area contributed by atoms with Crippen LogP contribution in [0.4, 0.5) is 19.0 Å². The first-order valence-electron chi connectivity index (χ1n) is 9.13. The van der Waals surface area contributed by atoms with Crippen molar-refractivity contribution < 1.29 is 18.0 Å². The largest absolute Gasteiger partial charge is 0.361 e. The van der Waals surface area contributed by atoms with Crippen molar-refractivity contribution >= 4 is 34.9 Å². The second kappa shape index (κ2) is 9.98. The van der Waals surface area contributed by atoms with Gasteiger partial charge >= 0.3 is 5.92 Å². The number of pyridine rings is 2. The molecule has 0 atom stereocenters. The van der Waals surface area contributed by atoms with E-state index >= 15 is 0 Å². The second-order valence-electron chi connectivity index (χ2n) is 6.60.